The van der Waals surface area contributed by atoms with Crippen LogP contribution in [-0.4, -0.2) is 46.3 Å². The van der Waals surface area contributed by atoms with Gasteiger partial charge in [0, 0.05) is 5.92 Å². The van der Waals surface area contributed by atoms with Crippen molar-refractivity contribution in [1.29, 1.82) is 0 Å². The zero-order valence-electron chi connectivity index (χ0n) is 54.3. The molecule has 0 aromatic carbocycles. The number of fused-ring (bicyclic) bond motifs is 12. The molecule has 0 amide bonds. The van der Waals surface area contributed by atoms with E-state index in [-0.39, 0.29) is 127 Å². The summed E-state index contributed by atoms with van der Waals surface area (Å²) < 4.78 is 24.6. The first-order valence-corrected chi connectivity index (χ1v) is 33.2. The van der Waals surface area contributed by atoms with Crippen molar-refractivity contribution in [2.45, 2.75) is 374 Å². The zero-order valence-corrected chi connectivity index (χ0v) is 54.3. The third-order valence-electron chi connectivity index (χ3n) is 24.7. The summed E-state index contributed by atoms with van der Waals surface area (Å²) in [5.74, 6) is 10.1. The summed E-state index contributed by atoms with van der Waals surface area (Å²) >= 11 is 0. The molecule has 0 heterocycles. The van der Waals surface area contributed by atoms with Crippen molar-refractivity contribution in [2.24, 2.45) is 105 Å². The summed E-state index contributed by atoms with van der Waals surface area (Å²) in [7, 11) is 0. The van der Waals surface area contributed by atoms with Crippen LogP contribution >= 0.6 is 0 Å². The van der Waals surface area contributed by atoms with E-state index in [1.807, 2.05) is 62.3 Å². The fourth-order valence-corrected chi connectivity index (χ4v) is 17.1. The lowest BCUT2D eigenvalue weighted by molar-refractivity contribution is -0.191. The molecule has 86 heavy (non-hydrogen) atoms. The molecule has 0 radical (unpaired) electrons. The first-order chi connectivity index (χ1) is 36.3. The minimum Gasteiger partial charge on any atom is -0.458 e. The lowest BCUT2D eigenvalue weighted by atomic mass is 9.63. The molecule has 514 valence electrons. The van der Waals surface area contributed by atoms with Crippen LogP contribution in [0.1, 0.15) is 352 Å². The van der Waals surface area contributed by atoms with Crippen molar-refractivity contribution in [3.8, 4) is 0 Å². The Morgan fingerprint density at radius 3 is 1.17 bits per heavy atom. The van der Waals surface area contributed by atoms with E-state index in [1.165, 1.54) is 89.9 Å². The highest BCUT2D eigenvalue weighted by molar-refractivity contribution is 5.78. The normalized spacial score (nSPS) is 32.0. The van der Waals surface area contributed by atoms with Crippen molar-refractivity contribution < 1.29 is 38.1 Å². The minimum atomic E-state index is -0.356. The second-order valence-electron chi connectivity index (χ2n) is 31.8. The number of carbonyl (C=O) groups excluding carboxylic acids is 4. The molecular weight excluding hydrogens is 1060 g/mol. The Morgan fingerprint density at radius 2 is 0.779 bits per heavy atom. The molecule has 9 aliphatic rings. The Balaban J connectivity index is -0.00000105. The van der Waals surface area contributed by atoms with E-state index in [0.717, 1.165) is 112 Å². The van der Waals surface area contributed by atoms with Crippen LogP contribution in [-0.2, 0) is 38.1 Å². The topological polar surface area (TPSA) is 105 Å². The lowest BCUT2D eigenvalue weighted by Crippen LogP contribution is -2.52. The van der Waals surface area contributed by atoms with Crippen LogP contribution in [0.5, 0.6) is 0 Å². The predicted octanol–water partition coefficient (Wildman–Crippen LogP) is 23.6. The van der Waals surface area contributed by atoms with Crippen LogP contribution < -0.4 is 0 Å². The highest BCUT2D eigenvalue weighted by Gasteiger charge is 2.69. The Bertz CT molecular complexity index is 2020. The van der Waals surface area contributed by atoms with Gasteiger partial charge in [0.15, 0.2) is 0 Å². The van der Waals surface area contributed by atoms with Gasteiger partial charge in [-0.2, -0.15) is 0 Å². The number of hydrogen-bond donors (Lipinski definition) is 0. The SMILES string of the molecule is C.C.C.C.C.C.C.C.CCC(C)(C)C(=O)OC1(C(C)C)CC2CC1C1C3CCC(C3)C21.CCC(C)(C)C(=O)OC1(C(C)C)CC2CCC1C2.CCC(C)(C)C(=O)OC1(C(C)C)CCC2CCCCC2C1.CCC(C)(C)C(=O)OC1(C(C)C)CCCC1. The van der Waals surface area contributed by atoms with Crippen LogP contribution in [0.15, 0.2) is 0 Å². The van der Waals surface area contributed by atoms with Gasteiger partial charge in [-0.25, -0.2) is 0 Å². The second-order valence-corrected chi connectivity index (χ2v) is 31.8. The van der Waals surface area contributed by atoms with Crippen molar-refractivity contribution in [2.75, 3.05) is 0 Å². The number of carbonyl (C=O) groups is 4. The van der Waals surface area contributed by atoms with E-state index in [2.05, 4.69) is 76.2 Å². The zero-order chi connectivity index (χ0) is 58.2. The van der Waals surface area contributed by atoms with Gasteiger partial charge in [-0.15, -0.1) is 0 Å². The van der Waals surface area contributed by atoms with Crippen LogP contribution in [0.4, 0.5) is 0 Å². The van der Waals surface area contributed by atoms with Crippen LogP contribution in [0, 0.1) is 105 Å². The van der Waals surface area contributed by atoms with Gasteiger partial charge in [0.2, 0.25) is 0 Å². The lowest BCUT2D eigenvalue weighted by Gasteiger charge is -2.49. The maximum absolute atomic E-state index is 12.9. The number of ether oxygens (including phenoxy) is 4. The standard InChI is InChI=1S/C21H34O2.C19H34O2.C16H28O2.C14H26O2.8CH4/c1-6-20(4,5)19(22)23-21(12(2)3)11-15-10-16(21)18-14-8-7-13(9-14)17(15)18;1-6-18(4,5)17(20)21-19(14(2)3)12-11-15-9-7-8-10-16(15)13-19;1-6-15(4,5)14(17)18-16(11(2)3)10-12-7-8-13(16)9-12;1-6-13(4,5)12(15)16-14(11(2)3)9-7-8-10-14;;;;;;;;/h12-18H,6-11H2,1-5H3;14-16H,6-13H2,1-5H3;11-13H,6-10H2,1-5H3;11H,6-10H2,1-5H3;8*1H4. The Hall–Kier alpha value is -2.12. The maximum atomic E-state index is 12.9. The smallest absolute Gasteiger partial charge is 0.312 e. The van der Waals surface area contributed by atoms with E-state index in [0.29, 0.717) is 35.5 Å². The van der Waals surface area contributed by atoms with E-state index in [4.69, 9.17) is 18.9 Å². The molecule has 0 N–H and O–H groups in total. The molecular formula is C78H154O8. The molecule has 13 atom stereocenters. The highest BCUT2D eigenvalue weighted by Crippen LogP contribution is 2.71. The van der Waals surface area contributed by atoms with Crippen molar-refractivity contribution >= 4 is 23.9 Å². The second kappa shape index (κ2) is 34.0. The summed E-state index contributed by atoms with van der Waals surface area (Å²) in [6, 6.07) is 0. The number of hydrogen-bond acceptors (Lipinski definition) is 8. The van der Waals surface area contributed by atoms with Gasteiger partial charge >= 0.3 is 23.9 Å². The monoisotopic (exact) mass is 1220 g/mol. The van der Waals surface area contributed by atoms with Crippen LogP contribution in [0.25, 0.3) is 0 Å². The first-order valence-electron chi connectivity index (χ1n) is 33.2. The van der Waals surface area contributed by atoms with Gasteiger partial charge < -0.3 is 18.9 Å². The molecule has 0 saturated heterocycles. The molecule has 9 aliphatic carbocycles. The average Bonchev–Trinajstić information content (AvgIpc) is 1.55. The number of rotatable bonds is 16. The van der Waals surface area contributed by atoms with Crippen molar-refractivity contribution in [3.63, 3.8) is 0 Å². The highest BCUT2D eigenvalue weighted by atomic mass is 16.6. The van der Waals surface area contributed by atoms with E-state index >= 15 is 0 Å². The molecule has 0 spiro atoms. The Kier molecular flexibility index (Phi) is 34.8. The van der Waals surface area contributed by atoms with Crippen LogP contribution in [0.2, 0.25) is 0 Å². The average molecular weight is 1220 g/mol. The first kappa shape index (κ1) is 88.1. The molecule has 13 unspecified atom stereocenters. The van der Waals surface area contributed by atoms with Crippen molar-refractivity contribution in [3.05, 3.63) is 0 Å². The molecule has 8 heteroatoms. The summed E-state index contributed by atoms with van der Waals surface area (Å²) in [6.07, 6.45) is 28.6. The quantitative estimate of drug-likeness (QED) is 0.0855. The van der Waals surface area contributed by atoms with Gasteiger partial charge in [-0.05, 0) is 261 Å². The summed E-state index contributed by atoms with van der Waals surface area (Å²) in [5, 5.41) is 0. The molecule has 9 rings (SSSR count). The predicted molar refractivity (Wildman–Crippen MR) is 372 cm³/mol. The third-order valence-corrected chi connectivity index (χ3v) is 24.7. The Morgan fingerprint density at radius 1 is 0.372 bits per heavy atom. The third kappa shape index (κ3) is 17.9. The van der Waals surface area contributed by atoms with Gasteiger partial charge in [-0.1, -0.05) is 168 Å². The molecule has 6 bridgehead atoms. The van der Waals surface area contributed by atoms with E-state index < -0.39 is 0 Å². The largest absolute Gasteiger partial charge is 0.458 e. The summed E-state index contributed by atoms with van der Waals surface area (Å²) in [5.41, 5.74) is -2.10. The fourth-order valence-electron chi connectivity index (χ4n) is 17.1. The Labute approximate surface area is 538 Å². The van der Waals surface area contributed by atoms with Gasteiger partial charge in [0.05, 0.1) is 21.7 Å². The van der Waals surface area contributed by atoms with E-state index in [1.54, 1.807) is 0 Å². The molecule has 8 nitrogen and oxygen atoms in total. The molecule has 9 fully saturated rings. The molecule has 0 aromatic rings. The summed E-state index contributed by atoms with van der Waals surface area (Å²) in [4.78, 5) is 50.0. The van der Waals surface area contributed by atoms with Crippen LogP contribution in [0.3, 0.4) is 0 Å². The molecule has 0 aliphatic heterocycles. The maximum Gasteiger partial charge on any atom is 0.312 e. The number of esters is 4. The summed E-state index contributed by atoms with van der Waals surface area (Å²) in [6.45, 7) is 42.1. The molecule has 9 saturated carbocycles. The van der Waals surface area contributed by atoms with Crippen molar-refractivity contribution in [1.82, 2.24) is 0 Å². The van der Waals surface area contributed by atoms with E-state index in [9.17, 15) is 19.2 Å². The van der Waals surface area contributed by atoms with Gasteiger partial charge in [0.25, 0.3) is 0 Å². The van der Waals surface area contributed by atoms with Gasteiger partial charge in [-0.3, -0.25) is 19.2 Å². The minimum absolute atomic E-state index is 0. The molecule has 0 aromatic heterocycles. The fraction of sp³-hybridized carbons (Fsp3) is 0.949. The van der Waals surface area contributed by atoms with Gasteiger partial charge in [0.1, 0.15) is 22.4 Å².